The highest BCUT2D eigenvalue weighted by Crippen LogP contribution is 2.39. The summed E-state index contributed by atoms with van der Waals surface area (Å²) in [5, 5.41) is 8.16. The van der Waals surface area contributed by atoms with Gasteiger partial charge in [-0.25, -0.2) is 0 Å². The van der Waals surface area contributed by atoms with Crippen molar-refractivity contribution in [1.82, 2.24) is 60.0 Å². The molecule has 568 valence electrons. The van der Waals surface area contributed by atoms with E-state index >= 15 is 28.8 Å². The van der Waals surface area contributed by atoms with Gasteiger partial charge < -0.3 is 60.0 Å². The lowest BCUT2D eigenvalue weighted by Crippen LogP contribution is -2.65. The number of nitrogens with zero attached hydrogens (tertiary/aromatic N) is 9. The normalized spacial score (nSPS) is 26.3. The minimum Gasteiger partial charge on any atom is -0.343 e. The number of carbonyl (C=O) groups excluding carboxylic acids is 12. The molecule has 3 aliphatic carbocycles. The van der Waals surface area contributed by atoms with Crippen molar-refractivity contribution < 1.29 is 70.7 Å². The van der Waals surface area contributed by atoms with Gasteiger partial charge in [0.2, 0.25) is 70.9 Å². The van der Waals surface area contributed by atoms with Gasteiger partial charge in [0.1, 0.15) is 47.8 Å². The van der Waals surface area contributed by atoms with Crippen molar-refractivity contribution >= 4 is 82.5 Å². The highest BCUT2D eigenvalue weighted by molar-refractivity contribution is 6.31. The van der Waals surface area contributed by atoms with Crippen LogP contribution >= 0.6 is 11.6 Å². The number of piperidine rings is 1. The lowest BCUT2D eigenvalue weighted by atomic mass is 9.81. The van der Waals surface area contributed by atoms with Crippen molar-refractivity contribution in [2.24, 2.45) is 17.8 Å². The summed E-state index contributed by atoms with van der Waals surface area (Å²) in [6.07, 6.45) is 8.39. The summed E-state index contributed by atoms with van der Waals surface area (Å²) < 4.78 is 41.7. The maximum absolute atomic E-state index is 15.8. The Balaban J connectivity index is 1.29. The number of amides is 12. The summed E-state index contributed by atoms with van der Waals surface area (Å²) >= 11 is 6.17. The van der Waals surface area contributed by atoms with Crippen LogP contribution in [0.25, 0.3) is 0 Å². The van der Waals surface area contributed by atoms with Crippen LogP contribution in [-0.4, -0.2) is 251 Å². The predicted octanol–water partition coefficient (Wildman–Crippen LogP) is 6.73. The number of alkyl halides is 3. The molecule has 3 N–H and O–H groups in total. The van der Waals surface area contributed by atoms with E-state index in [1.807, 2.05) is 27.7 Å². The summed E-state index contributed by atoms with van der Waals surface area (Å²) in [6.45, 7) is 6.46. The van der Waals surface area contributed by atoms with Gasteiger partial charge in [-0.15, -0.1) is 0 Å². The first-order chi connectivity index (χ1) is 48.1. The van der Waals surface area contributed by atoms with Crippen molar-refractivity contribution in [2.45, 2.75) is 242 Å². The number of fused-ring (bicyclic) bond motifs is 1. The number of hydrogen-bond acceptors (Lipinski definition) is 12. The molecule has 1 spiro atoms. The fourth-order valence-electron chi connectivity index (χ4n) is 15.8. The zero-order chi connectivity index (χ0) is 75.1. The second-order valence-electron chi connectivity index (χ2n) is 30.4. The molecule has 12 amide bonds. The van der Waals surface area contributed by atoms with Crippen LogP contribution in [0.3, 0.4) is 0 Å². The van der Waals surface area contributed by atoms with Crippen LogP contribution in [0.1, 0.15) is 193 Å². The summed E-state index contributed by atoms with van der Waals surface area (Å²) in [5.74, 6) is -8.30. The Bertz CT molecular complexity index is 3220. The third kappa shape index (κ3) is 21.2. The van der Waals surface area contributed by atoms with E-state index in [-0.39, 0.29) is 69.7 Å². The number of hydrogen-bond donors (Lipinski definition) is 3. The fraction of sp³-hybridized carbons (Fsp3) is 0.730. The number of nitrogens with one attached hydrogen (secondary N) is 3. The Labute approximate surface area is 605 Å². The third-order valence-electron chi connectivity index (χ3n) is 22.0. The van der Waals surface area contributed by atoms with E-state index in [2.05, 4.69) is 16.0 Å². The van der Waals surface area contributed by atoms with Crippen LogP contribution < -0.4 is 16.0 Å². The van der Waals surface area contributed by atoms with Crippen molar-refractivity contribution in [1.29, 1.82) is 0 Å². The molecule has 1 unspecified atom stereocenters. The first-order valence-electron chi connectivity index (χ1n) is 36.9. The van der Waals surface area contributed by atoms with Crippen molar-refractivity contribution in [3.63, 3.8) is 0 Å². The van der Waals surface area contributed by atoms with Gasteiger partial charge in [0, 0.05) is 69.0 Å². The molecule has 6 fully saturated rings. The van der Waals surface area contributed by atoms with Gasteiger partial charge >= 0.3 is 6.18 Å². The smallest absolute Gasteiger partial charge is 0.343 e. The molecule has 6 aliphatic rings. The van der Waals surface area contributed by atoms with Crippen LogP contribution in [0.15, 0.2) is 29.8 Å². The van der Waals surface area contributed by atoms with Gasteiger partial charge in [0.05, 0.1) is 36.6 Å². The van der Waals surface area contributed by atoms with Crippen molar-refractivity contribution in [2.75, 3.05) is 88.6 Å². The number of likely N-dealkylation sites (tertiary alicyclic amines) is 1. The number of rotatable bonds is 11. The monoisotopic (exact) mass is 1450 g/mol. The predicted molar refractivity (Wildman–Crippen MR) is 378 cm³/mol. The largest absolute Gasteiger partial charge is 0.417 e. The minimum absolute atomic E-state index is 0.00548. The molecular weight excluding hydrogens is 1340 g/mol. The van der Waals surface area contributed by atoms with Crippen LogP contribution in [0.2, 0.25) is 5.02 Å². The maximum Gasteiger partial charge on any atom is 0.417 e. The fourth-order valence-corrected chi connectivity index (χ4v) is 16.1. The molecule has 0 bridgehead atoms. The number of halogens is 4. The summed E-state index contributed by atoms with van der Waals surface area (Å²) in [7, 11) is 10.00. The van der Waals surface area contributed by atoms with Gasteiger partial charge in [-0.1, -0.05) is 107 Å². The Kier molecular flexibility index (Phi) is 29.7. The highest BCUT2D eigenvalue weighted by atomic mass is 35.5. The number of allylic oxidation sites excluding steroid dienone is 1. The Hall–Kier alpha value is -7.32. The lowest BCUT2D eigenvalue weighted by molar-refractivity contribution is -0.157. The van der Waals surface area contributed by atoms with E-state index in [0.29, 0.717) is 63.6 Å². The summed E-state index contributed by atoms with van der Waals surface area (Å²) in [6, 6.07) is -5.61. The Morgan fingerprint density at radius 2 is 1.22 bits per heavy atom. The molecule has 102 heavy (non-hydrogen) atoms. The van der Waals surface area contributed by atoms with Gasteiger partial charge in [-0.2, -0.15) is 13.2 Å². The molecule has 28 heteroatoms. The van der Waals surface area contributed by atoms with Gasteiger partial charge in [0.25, 0.3) is 0 Å². The minimum atomic E-state index is -4.76. The number of carbonyl (C=O) groups is 12. The first-order valence-corrected chi connectivity index (χ1v) is 37.3. The Morgan fingerprint density at radius 1 is 0.618 bits per heavy atom. The molecule has 0 aromatic heterocycles. The molecule has 7 atom stereocenters. The summed E-state index contributed by atoms with van der Waals surface area (Å²) in [5.41, 5.74) is -1.52. The Morgan fingerprint density at radius 3 is 1.82 bits per heavy atom. The lowest BCUT2D eigenvalue weighted by Gasteiger charge is -2.43. The molecule has 24 nitrogen and oxygen atoms in total. The van der Waals surface area contributed by atoms with Crippen LogP contribution in [0.5, 0.6) is 0 Å². The second kappa shape index (κ2) is 36.9. The van der Waals surface area contributed by atoms with E-state index in [4.69, 9.17) is 11.6 Å². The molecule has 3 saturated heterocycles. The van der Waals surface area contributed by atoms with Crippen LogP contribution in [-0.2, 0) is 70.1 Å². The van der Waals surface area contributed by atoms with Gasteiger partial charge in [0.15, 0.2) is 0 Å². The second-order valence-corrected chi connectivity index (χ2v) is 30.8. The standard InChI is InChI=1S/C74H112ClF3N12O12/c1-47(2)29-33-54-67(97)84(7)45-62(93)82(5)46-63(94)86(9)58(42-49-24-15-12-16-25-49)69(99)83(6)44-60(91)79-55(34-31-50-30-32-52(53(75)41-50)74(76,77)78)68(98)90-39-23-28-56(90)66(96)81-73(35-19-20-36-73)72(102)88(11)64(51-26-17-13-18-27-51)71(101)87(10)59(70(100)89-37-21-14-22-38-89)43-61(92)85(8)57(40-48(3)4)65(95)80-54/h29-30,32,41,48-49,51,54-59,64H,12-28,31,33-40,42-46H2,1-11H3,(H,79,91)(H,80,95)(H,81,96)/t54-,55-,56?,57-,58-,59-,64-/m0/s1. The van der Waals surface area contributed by atoms with Crippen molar-refractivity contribution in [3.05, 3.63) is 46.0 Å². The van der Waals surface area contributed by atoms with E-state index in [1.165, 1.54) is 79.9 Å². The van der Waals surface area contributed by atoms with E-state index in [9.17, 15) is 41.9 Å². The van der Waals surface area contributed by atoms with Gasteiger partial charge in [-0.3, -0.25) is 57.5 Å². The molecular formula is C74H112ClF3N12O12. The molecule has 3 heterocycles. The number of likely N-dealkylation sites (N-methyl/N-ethyl adjacent to an activating group) is 7. The highest BCUT2D eigenvalue weighted by Gasteiger charge is 2.51. The van der Waals surface area contributed by atoms with Crippen LogP contribution in [0.4, 0.5) is 13.2 Å². The first kappa shape index (κ1) is 82.0. The molecule has 7 rings (SSSR count). The quantitative estimate of drug-likeness (QED) is 0.195. The van der Waals surface area contributed by atoms with Gasteiger partial charge in [-0.05, 0) is 139 Å². The molecule has 3 saturated carbocycles. The average molecular weight is 1450 g/mol. The molecule has 1 aromatic carbocycles. The molecule has 0 radical (unpaired) electrons. The zero-order valence-electron chi connectivity index (χ0n) is 61.9. The maximum atomic E-state index is 15.8. The van der Waals surface area contributed by atoms with E-state index in [1.54, 1.807) is 11.0 Å². The van der Waals surface area contributed by atoms with Crippen LogP contribution in [0, 0.1) is 17.8 Å². The third-order valence-corrected chi connectivity index (χ3v) is 22.3. The van der Waals surface area contributed by atoms with Crippen molar-refractivity contribution in [3.8, 4) is 0 Å². The summed E-state index contributed by atoms with van der Waals surface area (Å²) in [4.78, 5) is 191. The zero-order valence-corrected chi connectivity index (χ0v) is 62.7. The number of aryl methyl sites for hydroxylation is 1. The average Bonchev–Trinajstić information content (AvgIpc) is 1.54. The topological polar surface area (TPSA) is 270 Å². The van der Waals surface area contributed by atoms with E-state index < -0.39 is 167 Å². The SMILES string of the molecule is CC(C)=CC[C@@H]1NC(=O)[C@H](CC(C)C)N(C)C(=O)C[C@@H](C(=O)N2CCCCC2)N(C)C(=O)[C@H](C2CCCCC2)N(C)C(=O)C2(CCCC2)NC(=O)C2CCCN2C(=O)[C@H](CCc2ccc(C(F)(F)F)c(Cl)c2)NC(=O)CN(C)C(=O)[C@H](CC2CCCCC2)N(C)C(=O)CN(C)C(=O)CN(C)C1=O. The molecule has 1 aromatic rings. The number of benzene rings is 1. The van der Waals surface area contributed by atoms with E-state index in [0.717, 1.165) is 90.2 Å². The molecule has 3 aliphatic heterocycles.